The van der Waals surface area contributed by atoms with Crippen molar-refractivity contribution in [1.82, 2.24) is 14.5 Å². The molecule has 0 saturated carbocycles. The fourth-order valence-corrected chi connectivity index (χ4v) is 1.37. The first-order valence-corrected chi connectivity index (χ1v) is 5.27. The van der Waals surface area contributed by atoms with Crippen molar-refractivity contribution in [3.8, 4) is 0 Å². The minimum atomic E-state index is -4.73. The molecule has 10 heteroatoms. The standard InChI is InChI=1S/C10H10F3N3O4/c11-10(12,13)6-16(5-8(18)19)7(17)4-15-3-1-2-14-9(15)20/h1-3H,4-6H2,(H,18,19). The van der Waals surface area contributed by atoms with Crippen LogP contribution in [0.25, 0.3) is 0 Å². The van der Waals surface area contributed by atoms with Gasteiger partial charge in [0.15, 0.2) is 0 Å². The molecule has 0 unspecified atom stereocenters. The van der Waals surface area contributed by atoms with E-state index in [-0.39, 0.29) is 4.90 Å². The van der Waals surface area contributed by atoms with Crippen molar-refractivity contribution in [3.63, 3.8) is 0 Å². The molecule has 0 bridgehead atoms. The number of halogens is 3. The lowest BCUT2D eigenvalue weighted by Crippen LogP contribution is -2.44. The molecule has 0 saturated heterocycles. The van der Waals surface area contributed by atoms with Gasteiger partial charge in [-0.05, 0) is 6.07 Å². The molecule has 0 aliphatic heterocycles. The molecule has 1 N–H and O–H groups in total. The Morgan fingerprint density at radius 3 is 2.55 bits per heavy atom. The summed E-state index contributed by atoms with van der Waals surface area (Å²) in [5.41, 5.74) is -0.817. The Bertz CT molecular complexity index is 555. The highest BCUT2D eigenvalue weighted by atomic mass is 19.4. The van der Waals surface area contributed by atoms with E-state index in [1.807, 2.05) is 0 Å². The van der Waals surface area contributed by atoms with Crippen molar-refractivity contribution in [2.45, 2.75) is 12.7 Å². The monoisotopic (exact) mass is 293 g/mol. The predicted molar refractivity (Wildman–Crippen MR) is 58.8 cm³/mol. The molecule has 0 atom stereocenters. The summed E-state index contributed by atoms with van der Waals surface area (Å²) in [6, 6.07) is 1.32. The van der Waals surface area contributed by atoms with E-state index in [2.05, 4.69) is 4.98 Å². The summed E-state index contributed by atoms with van der Waals surface area (Å²) in [6.07, 6.45) is -2.40. The second-order valence-electron chi connectivity index (χ2n) is 3.79. The number of amides is 1. The van der Waals surface area contributed by atoms with Crippen LogP contribution in [0.3, 0.4) is 0 Å². The number of carboxylic acid groups (broad SMARTS) is 1. The van der Waals surface area contributed by atoms with E-state index in [0.29, 0.717) is 0 Å². The lowest BCUT2D eigenvalue weighted by Gasteiger charge is -2.22. The molecular formula is C10H10F3N3O4. The molecule has 1 heterocycles. The first-order chi connectivity index (χ1) is 9.19. The van der Waals surface area contributed by atoms with Crippen LogP contribution in [-0.2, 0) is 16.1 Å². The van der Waals surface area contributed by atoms with E-state index < -0.39 is 43.4 Å². The Kier molecular flexibility index (Phi) is 4.83. The normalized spacial score (nSPS) is 11.2. The van der Waals surface area contributed by atoms with Gasteiger partial charge in [0.2, 0.25) is 5.91 Å². The second kappa shape index (κ2) is 6.17. The summed E-state index contributed by atoms with van der Waals surface area (Å²) in [6.45, 7) is -3.52. The number of nitrogens with zero attached hydrogens (tertiary/aromatic N) is 3. The van der Waals surface area contributed by atoms with Crippen molar-refractivity contribution in [3.05, 3.63) is 28.9 Å². The van der Waals surface area contributed by atoms with E-state index in [1.54, 1.807) is 0 Å². The van der Waals surface area contributed by atoms with Crippen molar-refractivity contribution in [2.75, 3.05) is 13.1 Å². The fraction of sp³-hybridized carbons (Fsp3) is 0.400. The van der Waals surface area contributed by atoms with Gasteiger partial charge in [-0.2, -0.15) is 13.2 Å². The molecule has 1 aromatic rings. The molecule has 0 aliphatic rings. The number of hydrogen-bond acceptors (Lipinski definition) is 4. The zero-order valence-corrected chi connectivity index (χ0v) is 10.0. The molecule has 0 aromatic carbocycles. The van der Waals surface area contributed by atoms with Gasteiger partial charge in [-0.15, -0.1) is 0 Å². The largest absolute Gasteiger partial charge is 0.480 e. The number of rotatable bonds is 5. The molecule has 0 aliphatic carbocycles. The number of carbonyl (C=O) groups excluding carboxylic acids is 1. The molecule has 0 fully saturated rings. The SMILES string of the molecule is O=C(O)CN(CC(F)(F)F)C(=O)Cn1cccnc1=O. The van der Waals surface area contributed by atoms with Crippen LogP contribution in [-0.4, -0.2) is 50.7 Å². The lowest BCUT2D eigenvalue weighted by atomic mass is 10.4. The van der Waals surface area contributed by atoms with Gasteiger partial charge in [-0.1, -0.05) is 0 Å². The Morgan fingerprint density at radius 2 is 2.05 bits per heavy atom. The molecule has 1 amide bonds. The minimum absolute atomic E-state index is 0.113. The van der Waals surface area contributed by atoms with Crippen molar-refractivity contribution in [2.24, 2.45) is 0 Å². The molecular weight excluding hydrogens is 283 g/mol. The zero-order chi connectivity index (χ0) is 15.3. The van der Waals surface area contributed by atoms with Crippen LogP contribution in [0, 0.1) is 0 Å². The van der Waals surface area contributed by atoms with Crippen LogP contribution in [0.5, 0.6) is 0 Å². The first kappa shape index (κ1) is 15.7. The molecule has 20 heavy (non-hydrogen) atoms. The van der Waals surface area contributed by atoms with Crippen LogP contribution >= 0.6 is 0 Å². The van der Waals surface area contributed by atoms with Crippen LogP contribution in [0.4, 0.5) is 13.2 Å². The third-order valence-corrected chi connectivity index (χ3v) is 2.14. The van der Waals surface area contributed by atoms with Crippen LogP contribution in [0.15, 0.2) is 23.3 Å². The van der Waals surface area contributed by atoms with Crippen molar-refractivity contribution in [1.29, 1.82) is 0 Å². The molecule has 7 nitrogen and oxygen atoms in total. The number of aromatic nitrogens is 2. The van der Waals surface area contributed by atoms with Gasteiger partial charge in [0.05, 0.1) is 0 Å². The van der Waals surface area contributed by atoms with Crippen molar-refractivity contribution >= 4 is 11.9 Å². The van der Waals surface area contributed by atoms with Gasteiger partial charge < -0.3 is 10.0 Å². The average Bonchev–Trinajstić information content (AvgIpc) is 2.28. The summed E-state index contributed by atoms with van der Waals surface area (Å²) in [4.78, 5) is 36.8. The van der Waals surface area contributed by atoms with Crippen LogP contribution in [0.2, 0.25) is 0 Å². The van der Waals surface area contributed by atoms with Crippen molar-refractivity contribution < 1.29 is 27.9 Å². The summed E-state index contributed by atoms with van der Waals surface area (Å²) in [5, 5.41) is 8.51. The highest BCUT2D eigenvalue weighted by Gasteiger charge is 2.34. The minimum Gasteiger partial charge on any atom is -0.480 e. The number of carboxylic acids is 1. The summed E-state index contributed by atoms with van der Waals surface area (Å²) in [7, 11) is 0. The Hall–Kier alpha value is -2.39. The number of hydrogen-bond donors (Lipinski definition) is 1. The smallest absolute Gasteiger partial charge is 0.406 e. The molecule has 0 spiro atoms. The maximum absolute atomic E-state index is 12.3. The lowest BCUT2D eigenvalue weighted by molar-refractivity contribution is -0.166. The zero-order valence-electron chi connectivity index (χ0n) is 10.0. The predicted octanol–water partition coefficient (Wildman–Crippen LogP) is -0.281. The maximum atomic E-state index is 12.3. The van der Waals surface area contributed by atoms with Crippen LogP contribution in [0.1, 0.15) is 0 Å². The third kappa shape index (κ3) is 5.08. The molecule has 1 rings (SSSR count). The highest BCUT2D eigenvalue weighted by Crippen LogP contribution is 2.16. The van der Waals surface area contributed by atoms with Crippen LogP contribution < -0.4 is 5.69 Å². The fourth-order valence-electron chi connectivity index (χ4n) is 1.37. The Balaban J connectivity index is 2.85. The quantitative estimate of drug-likeness (QED) is 0.806. The number of carbonyl (C=O) groups is 2. The van der Waals surface area contributed by atoms with E-state index in [0.717, 1.165) is 10.8 Å². The highest BCUT2D eigenvalue weighted by molar-refractivity contribution is 5.81. The third-order valence-electron chi connectivity index (χ3n) is 2.14. The van der Waals surface area contributed by atoms with E-state index in [9.17, 15) is 27.6 Å². The molecule has 0 radical (unpaired) electrons. The van der Waals surface area contributed by atoms with Gasteiger partial charge in [0, 0.05) is 12.4 Å². The topological polar surface area (TPSA) is 92.5 Å². The van der Waals surface area contributed by atoms with Gasteiger partial charge >= 0.3 is 17.8 Å². The van der Waals surface area contributed by atoms with Gasteiger partial charge in [-0.3, -0.25) is 14.2 Å². The Labute approximate surface area is 110 Å². The summed E-state index contributed by atoms with van der Waals surface area (Å²) in [5.74, 6) is -2.72. The number of alkyl halides is 3. The van der Waals surface area contributed by atoms with Gasteiger partial charge in [0.25, 0.3) is 0 Å². The summed E-state index contributed by atoms with van der Waals surface area (Å²) >= 11 is 0. The van der Waals surface area contributed by atoms with E-state index >= 15 is 0 Å². The maximum Gasteiger partial charge on any atom is 0.406 e. The Morgan fingerprint density at radius 1 is 1.40 bits per heavy atom. The van der Waals surface area contributed by atoms with E-state index in [1.165, 1.54) is 12.3 Å². The first-order valence-electron chi connectivity index (χ1n) is 5.27. The molecule has 110 valence electrons. The molecule has 1 aromatic heterocycles. The van der Waals surface area contributed by atoms with Gasteiger partial charge in [0.1, 0.15) is 19.6 Å². The van der Waals surface area contributed by atoms with Gasteiger partial charge in [-0.25, -0.2) is 9.78 Å². The average molecular weight is 293 g/mol. The second-order valence-corrected chi connectivity index (χ2v) is 3.79. The number of aliphatic carboxylic acids is 1. The van der Waals surface area contributed by atoms with E-state index in [4.69, 9.17) is 5.11 Å². The summed E-state index contributed by atoms with van der Waals surface area (Å²) < 4.78 is 37.6.